The zero-order valence-corrected chi connectivity index (χ0v) is 15.9. The summed E-state index contributed by atoms with van der Waals surface area (Å²) in [7, 11) is 1.54. The van der Waals surface area contributed by atoms with Crippen LogP contribution < -0.4 is 26.4 Å². The van der Waals surface area contributed by atoms with Crippen molar-refractivity contribution < 1.29 is 9.13 Å². The molecule has 152 valence electrons. The average molecular weight is 399 g/mol. The van der Waals surface area contributed by atoms with Gasteiger partial charge in [-0.05, 0) is 43.7 Å². The number of ether oxygens (including phenoxy) is 1. The van der Waals surface area contributed by atoms with E-state index in [9.17, 15) is 4.39 Å². The van der Waals surface area contributed by atoms with Gasteiger partial charge < -0.3 is 26.4 Å². The number of halogens is 1. The normalized spacial score (nSPS) is 16.4. The third-order valence-corrected chi connectivity index (χ3v) is 4.56. The van der Waals surface area contributed by atoms with Gasteiger partial charge in [0.05, 0.1) is 7.11 Å². The molecule has 1 saturated heterocycles. The van der Waals surface area contributed by atoms with Gasteiger partial charge in [-0.15, -0.1) is 5.10 Å². The molecule has 0 unspecified atom stereocenters. The first-order valence-corrected chi connectivity index (χ1v) is 9.26. The topological polar surface area (TPSA) is 128 Å². The number of aromatic nitrogens is 5. The van der Waals surface area contributed by atoms with Crippen molar-refractivity contribution in [2.75, 3.05) is 36.6 Å². The molecule has 0 saturated carbocycles. The van der Waals surface area contributed by atoms with Gasteiger partial charge in [-0.25, -0.2) is 14.4 Å². The van der Waals surface area contributed by atoms with Gasteiger partial charge in [0.2, 0.25) is 23.5 Å². The van der Waals surface area contributed by atoms with Crippen molar-refractivity contribution in [3.63, 3.8) is 0 Å². The number of nitrogen functional groups attached to an aromatic ring is 1. The second-order valence-corrected chi connectivity index (χ2v) is 6.60. The molecule has 11 heteroatoms. The molecule has 1 aliphatic heterocycles. The first-order chi connectivity index (χ1) is 14.1. The lowest BCUT2D eigenvalue weighted by Gasteiger charge is -2.25. The number of hydrogen-bond acceptors (Lipinski definition) is 9. The van der Waals surface area contributed by atoms with Crippen LogP contribution in [0.2, 0.25) is 0 Å². The molecule has 1 aliphatic rings. The number of hydrogen-bond donors (Lipinski definition) is 4. The molecule has 4 rings (SSSR count). The maximum atomic E-state index is 13.1. The molecule has 3 aromatic rings. The van der Waals surface area contributed by atoms with Crippen LogP contribution in [0.1, 0.15) is 12.8 Å². The fourth-order valence-electron chi connectivity index (χ4n) is 3.17. The van der Waals surface area contributed by atoms with Crippen molar-refractivity contribution in [1.82, 2.24) is 30.0 Å². The average Bonchev–Trinajstić information content (AvgIpc) is 3.10. The fourth-order valence-corrected chi connectivity index (χ4v) is 3.17. The van der Waals surface area contributed by atoms with E-state index in [-0.39, 0.29) is 23.8 Å². The van der Waals surface area contributed by atoms with Crippen molar-refractivity contribution in [3.8, 4) is 11.6 Å². The molecule has 1 fully saturated rings. The third kappa shape index (κ3) is 4.19. The summed E-state index contributed by atoms with van der Waals surface area (Å²) >= 11 is 0. The summed E-state index contributed by atoms with van der Waals surface area (Å²) < 4.78 is 20.0. The predicted octanol–water partition coefficient (Wildman–Crippen LogP) is 1.69. The number of nitrogens with zero attached hydrogens (tertiary/aromatic N) is 5. The van der Waals surface area contributed by atoms with Gasteiger partial charge in [-0.1, -0.05) is 0 Å². The van der Waals surface area contributed by atoms with Crippen LogP contribution in [0.3, 0.4) is 0 Å². The van der Waals surface area contributed by atoms with Crippen molar-refractivity contribution in [2.24, 2.45) is 0 Å². The smallest absolute Gasteiger partial charge is 0.248 e. The minimum atomic E-state index is -0.326. The Hall–Kier alpha value is -3.47. The van der Waals surface area contributed by atoms with Crippen LogP contribution in [-0.2, 0) is 0 Å². The lowest BCUT2D eigenvalue weighted by atomic mass is 10.1. The fraction of sp³-hybridized carbons (Fsp3) is 0.333. The van der Waals surface area contributed by atoms with E-state index in [0.717, 1.165) is 25.9 Å². The molecular formula is C18H22FN9O. The van der Waals surface area contributed by atoms with Crippen molar-refractivity contribution in [1.29, 1.82) is 0 Å². The zero-order chi connectivity index (χ0) is 20.2. The Morgan fingerprint density at radius 2 is 2.10 bits per heavy atom. The monoisotopic (exact) mass is 399 g/mol. The maximum absolute atomic E-state index is 13.1. The highest BCUT2D eigenvalue weighted by molar-refractivity contribution is 5.61. The Bertz CT molecular complexity index is 970. The second-order valence-electron chi connectivity index (χ2n) is 6.60. The summed E-state index contributed by atoms with van der Waals surface area (Å²) in [4.78, 5) is 12.8. The highest BCUT2D eigenvalue weighted by atomic mass is 19.1. The van der Waals surface area contributed by atoms with Gasteiger partial charge in [0.1, 0.15) is 12.1 Å². The number of rotatable bonds is 6. The first kappa shape index (κ1) is 18.9. The molecule has 2 aromatic heterocycles. The third-order valence-electron chi connectivity index (χ3n) is 4.56. The molecule has 5 N–H and O–H groups in total. The van der Waals surface area contributed by atoms with Crippen molar-refractivity contribution in [3.05, 3.63) is 36.4 Å². The number of nitrogens with one attached hydrogen (secondary N) is 3. The standard InChI is InChI=1S/C18H22FN9O/c1-29-14-15(24-13-3-2-8-21-9-13)22-10-23-16(14)28-17(20)26-18(27-28)25-12-6-4-11(19)5-7-12/h4-7,10,13,21H,2-3,8-9H2,1H3,(H,22,23,24)(H3,20,25,26,27)/t13-/m1/s1. The summed E-state index contributed by atoms with van der Waals surface area (Å²) in [5.74, 6) is 1.40. The number of benzene rings is 1. The Morgan fingerprint density at radius 3 is 2.83 bits per heavy atom. The second kappa shape index (κ2) is 8.27. The predicted molar refractivity (Wildman–Crippen MR) is 107 cm³/mol. The quantitative estimate of drug-likeness (QED) is 0.489. The Labute approximate surface area is 166 Å². The van der Waals surface area contributed by atoms with Crippen LogP contribution in [0.5, 0.6) is 5.75 Å². The highest BCUT2D eigenvalue weighted by Crippen LogP contribution is 2.30. The molecular weight excluding hydrogens is 377 g/mol. The SMILES string of the molecule is COc1c(N[C@@H]2CCCNC2)ncnc1-n1nc(Nc2ccc(F)cc2)nc1N. The Morgan fingerprint density at radius 1 is 1.28 bits per heavy atom. The molecule has 0 radical (unpaired) electrons. The molecule has 10 nitrogen and oxygen atoms in total. The van der Waals surface area contributed by atoms with E-state index >= 15 is 0 Å². The van der Waals surface area contributed by atoms with E-state index in [0.29, 0.717) is 23.1 Å². The number of methoxy groups -OCH3 is 1. The van der Waals surface area contributed by atoms with E-state index in [1.54, 1.807) is 12.1 Å². The van der Waals surface area contributed by atoms with Crippen LogP contribution in [0.4, 0.5) is 27.8 Å². The van der Waals surface area contributed by atoms with Gasteiger partial charge in [-0.3, -0.25) is 0 Å². The van der Waals surface area contributed by atoms with Crippen LogP contribution in [-0.4, -0.2) is 51.0 Å². The van der Waals surface area contributed by atoms with E-state index in [4.69, 9.17) is 10.5 Å². The Kier molecular flexibility index (Phi) is 5.38. The minimum Gasteiger partial charge on any atom is -0.490 e. The minimum absolute atomic E-state index is 0.122. The number of anilines is 4. The van der Waals surface area contributed by atoms with Gasteiger partial charge in [0.25, 0.3) is 0 Å². The van der Waals surface area contributed by atoms with E-state index in [2.05, 4.69) is 36.0 Å². The summed E-state index contributed by atoms with van der Waals surface area (Å²) in [6.45, 7) is 1.86. The van der Waals surface area contributed by atoms with Gasteiger partial charge >= 0.3 is 0 Å². The van der Waals surface area contributed by atoms with Crippen molar-refractivity contribution >= 4 is 23.4 Å². The Balaban J connectivity index is 1.61. The first-order valence-electron chi connectivity index (χ1n) is 9.26. The molecule has 29 heavy (non-hydrogen) atoms. The van der Waals surface area contributed by atoms with E-state index in [1.807, 2.05) is 0 Å². The lowest BCUT2D eigenvalue weighted by molar-refractivity contribution is 0.406. The summed E-state index contributed by atoms with van der Waals surface area (Å²) in [6.07, 6.45) is 3.55. The van der Waals surface area contributed by atoms with Crippen LogP contribution in [0.15, 0.2) is 30.6 Å². The van der Waals surface area contributed by atoms with Crippen molar-refractivity contribution in [2.45, 2.75) is 18.9 Å². The number of piperidine rings is 1. The molecule has 0 bridgehead atoms. The van der Waals surface area contributed by atoms with E-state index < -0.39 is 0 Å². The zero-order valence-electron chi connectivity index (χ0n) is 15.9. The highest BCUT2D eigenvalue weighted by Gasteiger charge is 2.21. The van der Waals surface area contributed by atoms with Crippen LogP contribution in [0.25, 0.3) is 5.82 Å². The maximum Gasteiger partial charge on any atom is 0.248 e. The van der Waals surface area contributed by atoms with Crippen LogP contribution >= 0.6 is 0 Å². The van der Waals surface area contributed by atoms with Crippen LogP contribution in [0, 0.1) is 5.82 Å². The molecule has 0 spiro atoms. The lowest BCUT2D eigenvalue weighted by Crippen LogP contribution is -2.38. The molecule has 3 heterocycles. The number of nitrogens with two attached hydrogens (primary N) is 1. The molecule has 0 amide bonds. The summed E-state index contributed by atoms with van der Waals surface area (Å²) in [5, 5.41) is 14.1. The van der Waals surface area contributed by atoms with Gasteiger partial charge in [0.15, 0.2) is 5.82 Å². The molecule has 1 aromatic carbocycles. The van der Waals surface area contributed by atoms with E-state index in [1.165, 1.54) is 30.3 Å². The largest absolute Gasteiger partial charge is 0.490 e. The molecule has 0 aliphatic carbocycles. The summed E-state index contributed by atoms with van der Waals surface area (Å²) in [5.41, 5.74) is 6.68. The summed E-state index contributed by atoms with van der Waals surface area (Å²) in [6, 6.07) is 6.09. The van der Waals surface area contributed by atoms with Gasteiger partial charge in [-0.2, -0.15) is 9.67 Å². The van der Waals surface area contributed by atoms with Gasteiger partial charge in [0, 0.05) is 18.3 Å². The molecule has 1 atom stereocenters.